The summed E-state index contributed by atoms with van der Waals surface area (Å²) in [6.45, 7) is 0. The van der Waals surface area contributed by atoms with Crippen LogP contribution in [-0.2, 0) is 0 Å². The zero-order valence-electron chi connectivity index (χ0n) is 27.4. The molecule has 5 heteroatoms. The van der Waals surface area contributed by atoms with E-state index < -0.39 is 0 Å². The first kappa shape index (κ1) is 27.9. The molecule has 11 rings (SSSR count). The molecule has 5 nitrogen and oxygen atoms in total. The van der Waals surface area contributed by atoms with Gasteiger partial charge in [-0.3, -0.25) is 9.55 Å². The number of benzene rings is 6. The summed E-state index contributed by atoms with van der Waals surface area (Å²) in [5.74, 6) is 0.819. The Morgan fingerprint density at radius 2 is 1.16 bits per heavy atom. The molecule has 0 aliphatic heterocycles. The Kier molecular flexibility index (Phi) is 5.89. The van der Waals surface area contributed by atoms with Crippen molar-refractivity contribution >= 4 is 65.8 Å². The fourth-order valence-corrected chi connectivity index (χ4v) is 8.09. The second-order valence-corrected chi connectivity index (χ2v) is 13.0. The van der Waals surface area contributed by atoms with Crippen LogP contribution >= 0.6 is 0 Å². The Balaban J connectivity index is 1.30. The zero-order valence-corrected chi connectivity index (χ0v) is 27.4. The van der Waals surface area contributed by atoms with E-state index >= 15 is 0 Å². The summed E-state index contributed by atoms with van der Waals surface area (Å²) >= 11 is 0. The maximum absolute atomic E-state index is 6.11. The van der Waals surface area contributed by atoms with Crippen molar-refractivity contribution in [2.24, 2.45) is 0 Å². The van der Waals surface area contributed by atoms with Gasteiger partial charge in [-0.15, -0.1) is 0 Å². The number of nitrogens with zero attached hydrogens (tertiary/aromatic N) is 4. The van der Waals surface area contributed by atoms with E-state index in [4.69, 9.17) is 9.40 Å². The molecule has 6 aromatic carbocycles. The van der Waals surface area contributed by atoms with Gasteiger partial charge in [-0.25, -0.2) is 4.98 Å². The first-order valence-electron chi connectivity index (χ1n) is 17.2. The minimum Gasteiger partial charge on any atom is -0.453 e. The van der Waals surface area contributed by atoms with E-state index in [0.29, 0.717) is 0 Å². The van der Waals surface area contributed by atoms with Gasteiger partial charge in [0.05, 0.1) is 22.1 Å². The number of hydrogen-bond acceptors (Lipinski definition) is 3. The second kappa shape index (κ2) is 10.8. The molecule has 0 fully saturated rings. The van der Waals surface area contributed by atoms with E-state index in [1.807, 2.05) is 24.3 Å². The largest absolute Gasteiger partial charge is 0.453 e. The summed E-state index contributed by atoms with van der Waals surface area (Å²) < 4.78 is 10.8. The standard InChI is InChI=1S/C46H28N4O/c1-3-13-29(14-4-1)31-24-25-33-32-17-7-9-20-36(32)49(30-15-5-2-6-16-30)46(33)43(31)35-19-11-22-38-42(35)34-18-8-10-21-37(34)50(38)41-27-26-40-45(48-41)44-39(51-40)23-12-28-47-44/h1-28H. The van der Waals surface area contributed by atoms with Gasteiger partial charge >= 0.3 is 0 Å². The fraction of sp³-hybridized carbons (Fsp3) is 0. The summed E-state index contributed by atoms with van der Waals surface area (Å²) in [4.78, 5) is 9.83. The summed E-state index contributed by atoms with van der Waals surface area (Å²) in [6.07, 6.45) is 1.79. The summed E-state index contributed by atoms with van der Waals surface area (Å²) in [5, 5.41) is 4.79. The van der Waals surface area contributed by atoms with Crippen molar-refractivity contribution in [3.05, 3.63) is 170 Å². The van der Waals surface area contributed by atoms with Crippen molar-refractivity contribution in [3.8, 4) is 33.8 Å². The number of fused-ring (bicyclic) bond motifs is 9. The average molecular weight is 653 g/mol. The van der Waals surface area contributed by atoms with E-state index in [2.05, 4.69) is 154 Å². The lowest BCUT2D eigenvalue weighted by molar-refractivity contribution is 0.667. The molecule has 0 amide bonds. The highest BCUT2D eigenvalue weighted by molar-refractivity contribution is 6.23. The van der Waals surface area contributed by atoms with E-state index in [1.54, 1.807) is 6.20 Å². The normalized spacial score (nSPS) is 11.9. The molecular formula is C46H28N4O. The first-order valence-corrected chi connectivity index (χ1v) is 17.2. The van der Waals surface area contributed by atoms with Crippen LogP contribution < -0.4 is 0 Å². The van der Waals surface area contributed by atoms with Crippen LogP contribution in [-0.4, -0.2) is 19.1 Å². The van der Waals surface area contributed by atoms with Crippen LogP contribution in [0, 0.1) is 0 Å². The first-order chi connectivity index (χ1) is 25.3. The van der Waals surface area contributed by atoms with Gasteiger partial charge in [0.2, 0.25) is 0 Å². The van der Waals surface area contributed by atoms with Crippen molar-refractivity contribution in [2.75, 3.05) is 0 Å². The Labute approximate surface area is 292 Å². The lowest BCUT2D eigenvalue weighted by Crippen LogP contribution is -1.98. The number of hydrogen-bond donors (Lipinski definition) is 0. The van der Waals surface area contributed by atoms with Crippen molar-refractivity contribution < 1.29 is 4.42 Å². The van der Waals surface area contributed by atoms with Crippen molar-refractivity contribution in [1.29, 1.82) is 0 Å². The maximum atomic E-state index is 6.11. The van der Waals surface area contributed by atoms with Crippen LogP contribution in [0.3, 0.4) is 0 Å². The van der Waals surface area contributed by atoms with Crippen molar-refractivity contribution in [1.82, 2.24) is 19.1 Å². The minimum absolute atomic E-state index is 0.724. The molecule has 0 aliphatic carbocycles. The Morgan fingerprint density at radius 3 is 2.00 bits per heavy atom. The summed E-state index contributed by atoms with van der Waals surface area (Å²) in [6, 6.07) is 58.1. The monoisotopic (exact) mass is 652 g/mol. The Bertz CT molecular complexity index is 3130. The second-order valence-electron chi connectivity index (χ2n) is 13.0. The van der Waals surface area contributed by atoms with Crippen molar-refractivity contribution in [2.45, 2.75) is 0 Å². The quantitative estimate of drug-likeness (QED) is 0.190. The number of pyridine rings is 2. The summed E-state index contributed by atoms with van der Waals surface area (Å²) in [5.41, 5.74) is 13.4. The van der Waals surface area contributed by atoms with Crippen LogP contribution in [0.15, 0.2) is 174 Å². The molecule has 5 heterocycles. The smallest absolute Gasteiger partial charge is 0.155 e. The van der Waals surface area contributed by atoms with Gasteiger partial charge in [0.25, 0.3) is 0 Å². The molecule has 0 spiro atoms. The average Bonchev–Trinajstić information content (AvgIpc) is 3.86. The molecule has 0 saturated heterocycles. The van der Waals surface area contributed by atoms with Crippen LogP contribution in [0.2, 0.25) is 0 Å². The molecule has 5 aromatic heterocycles. The number of rotatable bonds is 4. The minimum atomic E-state index is 0.724. The maximum Gasteiger partial charge on any atom is 0.155 e. The molecule has 0 aliphatic rings. The topological polar surface area (TPSA) is 48.8 Å². The van der Waals surface area contributed by atoms with E-state index in [1.165, 1.54) is 54.8 Å². The molecule has 51 heavy (non-hydrogen) atoms. The molecule has 0 saturated carbocycles. The molecule has 238 valence electrons. The molecule has 0 atom stereocenters. The van der Waals surface area contributed by atoms with Gasteiger partial charge in [0.15, 0.2) is 11.2 Å². The van der Waals surface area contributed by atoms with Crippen LogP contribution in [0.1, 0.15) is 0 Å². The van der Waals surface area contributed by atoms with Crippen LogP contribution in [0.4, 0.5) is 0 Å². The highest BCUT2D eigenvalue weighted by atomic mass is 16.3. The van der Waals surface area contributed by atoms with E-state index in [9.17, 15) is 0 Å². The van der Waals surface area contributed by atoms with Crippen LogP contribution in [0.25, 0.3) is 99.6 Å². The molecule has 0 bridgehead atoms. The predicted molar refractivity (Wildman–Crippen MR) is 209 cm³/mol. The SMILES string of the molecule is c1ccc(-c2ccc3c4ccccc4n(-c4ccccc4)c3c2-c2cccc3c2c2ccccc2n3-c2ccc3oc4cccnc4c3n2)cc1. The molecular weight excluding hydrogens is 625 g/mol. The fourth-order valence-electron chi connectivity index (χ4n) is 8.09. The molecule has 0 unspecified atom stereocenters. The number of furan rings is 1. The summed E-state index contributed by atoms with van der Waals surface area (Å²) in [7, 11) is 0. The lowest BCUT2D eigenvalue weighted by Gasteiger charge is -2.17. The van der Waals surface area contributed by atoms with Crippen LogP contribution in [0.5, 0.6) is 0 Å². The van der Waals surface area contributed by atoms with Gasteiger partial charge in [-0.2, -0.15) is 0 Å². The van der Waals surface area contributed by atoms with Crippen molar-refractivity contribution in [3.63, 3.8) is 0 Å². The van der Waals surface area contributed by atoms with E-state index in [-0.39, 0.29) is 0 Å². The Morgan fingerprint density at radius 1 is 0.451 bits per heavy atom. The third-order valence-electron chi connectivity index (χ3n) is 10.2. The molecule has 11 aromatic rings. The van der Waals surface area contributed by atoms with Gasteiger partial charge < -0.3 is 8.98 Å². The lowest BCUT2D eigenvalue weighted by atomic mass is 9.89. The number of aromatic nitrogens is 4. The number of para-hydroxylation sites is 3. The Hall–Kier alpha value is -6.98. The van der Waals surface area contributed by atoms with E-state index in [0.717, 1.165) is 44.7 Å². The third-order valence-corrected chi connectivity index (χ3v) is 10.2. The van der Waals surface area contributed by atoms with Gasteiger partial charge in [-0.05, 0) is 71.3 Å². The molecule has 0 N–H and O–H groups in total. The van der Waals surface area contributed by atoms with Gasteiger partial charge in [-0.1, -0.05) is 109 Å². The highest BCUT2D eigenvalue weighted by Crippen LogP contribution is 2.47. The predicted octanol–water partition coefficient (Wildman–Crippen LogP) is 11.9. The third kappa shape index (κ3) is 4.03. The zero-order chi connectivity index (χ0) is 33.5. The van der Waals surface area contributed by atoms with Gasteiger partial charge in [0.1, 0.15) is 16.9 Å². The molecule has 0 radical (unpaired) electrons. The van der Waals surface area contributed by atoms with Gasteiger partial charge in [0, 0.05) is 39.0 Å². The highest BCUT2D eigenvalue weighted by Gasteiger charge is 2.24.